The molecule has 2 heterocycles. The van der Waals surface area contributed by atoms with E-state index in [-0.39, 0.29) is 23.7 Å². The third kappa shape index (κ3) is 5.10. The third-order valence-electron chi connectivity index (χ3n) is 5.32. The van der Waals surface area contributed by atoms with Crippen LogP contribution in [0, 0.1) is 11.8 Å². The molecule has 166 valence electrons. The number of hydrogen-bond donors (Lipinski definition) is 1. The molecular formula is C23H29N3O5. The van der Waals surface area contributed by atoms with Gasteiger partial charge in [-0.1, -0.05) is 11.8 Å². The SMILES string of the molecule is CC(C)(C)OC(=O)N1CCN2C(=O)N(C(C)(C)C#Cc3ccc(C(=O)O)cc3)CC2C1. The Kier molecular flexibility index (Phi) is 5.90. The van der Waals surface area contributed by atoms with E-state index in [1.54, 1.807) is 26.8 Å². The van der Waals surface area contributed by atoms with E-state index in [1.807, 2.05) is 34.6 Å². The maximum atomic E-state index is 13.0. The van der Waals surface area contributed by atoms with Gasteiger partial charge < -0.3 is 24.5 Å². The fourth-order valence-corrected chi connectivity index (χ4v) is 3.66. The summed E-state index contributed by atoms with van der Waals surface area (Å²) in [6.07, 6.45) is -0.359. The molecule has 2 fully saturated rings. The Labute approximate surface area is 182 Å². The second kappa shape index (κ2) is 8.14. The molecule has 0 spiro atoms. The fraction of sp³-hybridized carbons (Fsp3) is 0.522. The van der Waals surface area contributed by atoms with Crippen molar-refractivity contribution in [3.8, 4) is 11.8 Å². The normalized spacial score (nSPS) is 18.9. The summed E-state index contributed by atoms with van der Waals surface area (Å²) in [5, 5.41) is 9.00. The van der Waals surface area contributed by atoms with E-state index < -0.39 is 17.1 Å². The first kappa shape index (κ1) is 22.5. The molecule has 0 saturated carbocycles. The van der Waals surface area contributed by atoms with Gasteiger partial charge in [-0.15, -0.1) is 0 Å². The molecular weight excluding hydrogens is 398 g/mol. The van der Waals surface area contributed by atoms with E-state index in [4.69, 9.17) is 9.84 Å². The highest BCUT2D eigenvalue weighted by atomic mass is 16.6. The Morgan fingerprint density at radius 1 is 1.06 bits per heavy atom. The Hall–Kier alpha value is -3.21. The number of rotatable bonds is 2. The number of ether oxygens (including phenoxy) is 1. The monoisotopic (exact) mass is 427 g/mol. The molecule has 0 radical (unpaired) electrons. The van der Waals surface area contributed by atoms with Crippen molar-refractivity contribution < 1.29 is 24.2 Å². The van der Waals surface area contributed by atoms with Crippen LogP contribution < -0.4 is 0 Å². The molecule has 0 bridgehead atoms. The maximum Gasteiger partial charge on any atom is 0.410 e. The van der Waals surface area contributed by atoms with Crippen molar-refractivity contribution in [1.82, 2.24) is 14.7 Å². The molecule has 1 aromatic carbocycles. The summed E-state index contributed by atoms with van der Waals surface area (Å²) >= 11 is 0. The summed E-state index contributed by atoms with van der Waals surface area (Å²) in [5.41, 5.74) is -0.410. The Morgan fingerprint density at radius 3 is 2.29 bits per heavy atom. The van der Waals surface area contributed by atoms with Crippen molar-refractivity contribution in [2.24, 2.45) is 0 Å². The highest BCUT2D eigenvalue weighted by Gasteiger charge is 2.46. The van der Waals surface area contributed by atoms with Gasteiger partial charge in [-0.25, -0.2) is 14.4 Å². The molecule has 1 aromatic rings. The lowest BCUT2D eigenvalue weighted by Gasteiger charge is -2.37. The molecule has 2 aliphatic heterocycles. The van der Waals surface area contributed by atoms with Crippen LogP contribution in [0.2, 0.25) is 0 Å². The van der Waals surface area contributed by atoms with Crippen molar-refractivity contribution in [1.29, 1.82) is 0 Å². The van der Waals surface area contributed by atoms with Crippen molar-refractivity contribution in [3.63, 3.8) is 0 Å². The van der Waals surface area contributed by atoms with Gasteiger partial charge in [-0.3, -0.25) is 0 Å². The van der Waals surface area contributed by atoms with Crippen LogP contribution in [-0.2, 0) is 4.74 Å². The Bertz CT molecular complexity index is 937. The van der Waals surface area contributed by atoms with Gasteiger partial charge in [0.2, 0.25) is 0 Å². The number of carbonyl (C=O) groups is 3. The van der Waals surface area contributed by atoms with Crippen LogP contribution in [-0.4, -0.2) is 81.3 Å². The predicted molar refractivity (Wildman–Crippen MR) is 115 cm³/mol. The molecule has 1 unspecified atom stereocenters. The lowest BCUT2D eigenvalue weighted by atomic mass is 10.0. The van der Waals surface area contributed by atoms with Gasteiger partial charge in [0.15, 0.2) is 0 Å². The van der Waals surface area contributed by atoms with Crippen LogP contribution >= 0.6 is 0 Å². The van der Waals surface area contributed by atoms with Gasteiger partial charge in [0.05, 0.1) is 11.6 Å². The first-order chi connectivity index (χ1) is 14.4. The second-order valence-corrected chi connectivity index (χ2v) is 9.36. The van der Waals surface area contributed by atoms with E-state index in [0.29, 0.717) is 31.7 Å². The first-order valence-electron chi connectivity index (χ1n) is 10.3. The third-order valence-corrected chi connectivity index (χ3v) is 5.32. The number of nitrogens with zero attached hydrogens (tertiary/aromatic N) is 3. The predicted octanol–water partition coefficient (Wildman–Crippen LogP) is 2.87. The van der Waals surface area contributed by atoms with Crippen molar-refractivity contribution >= 4 is 18.1 Å². The smallest absolute Gasteiger partial charge is 0.410 e. The number of amides is 3. The van der Waals surface area contributed by atoms with Crippen LogP contribution in [0.4, 0.5) is 9.59 Å². The zero-order chi connectivity index (χ0) is 23.0. The van der Waals surface area contributed by atoms with E-state index in [1.165, 1.54) is 12.1 Å². The number of aromatic carboxylic acids is 1. The molecule has 31 heavy (non-hydrogen) atoms. The second-order valence-electron chi connectivity index (χ2n) is 9.36. The van der Waals surface area contributed by atoms with E-state index in [2.05, 4.69) is 11.8 Å². The minimum absolute atomic E-state index is 0.0886. The van der Waals surface area contributed by atoms with Crippen molar-refractivity contribution in [2.75, 3.05) is 26.2 Å². The molecule has 0 aromatic heterocycles. The van der Waals surface area contributed by atoms with Gasteiger partial charge in [-0.2, -0.15) is 0 Å². The molecule has 2 saturated heterocycles. The Balaban J connectivity index is 1.69. The van der Waals surface area contributed by atoms with Gasteiger partial charge in [-0.05, 0) is 58.9 Å². The molecule has 2 aliphatic rings. The first-order valence-corrected chi connectivity index (χ1v) is 10.3. The zero-order valence-corrected chi connectivity index (χ0v) is 18.6. The van der Waals surface area contributed by atoms with Crippen LogP contribution in [0.15, 0.2) is 24.3 Å². The van der Waals surface area contributed by atoms with Crippen LogP contribution in [0.3, 0.4) is 0 Å². The van der Waals surface area contributed by atoms with Gasteiger partial charge >= 0.3 is 18.1 Å². The minimum atomic E-state index is -0.986. The molecule has 1 N–H and O–H groups in total. The quantitative estimate of drug-likeness (QED) is 0.733. The number of carboxylic acids is 1. The largest absolute Gasteiger partial charge is 0.478 e. The lowest BCUT2D eigenvalue weighted by molar-refractivity contribution is 0.0127. The van der Waals surface area contributed by atoms with Crippen molar-refractivity contribution in [2.45, 2.75) is 51.8 Å². The number of urea groups is 1. The lowest BCUT2D eigenvalue weighted by Crippen LogP contribution is -2.54. The number of hydrogen-bond acceptors (Lipinski definition) is 4. The topological polar surface area (TPSA) is 90.4 Å². The summed E-state index contributed by atoms with van der Waals surface area (Å²) in [7, 11) is 0. The highest BCUT2D eigenvalue weighted by molar-refractivity contribution is 5.87. The number of benzene rings is 1. The average Bonchev–Trinajstić information content (AvgIpc) is 3.02. The van der Waals surface area contributed by atoms with Gasteiger partial charge in [0.1, 0.15) is 11.1 Å². The number of piperazine rings is 1. The maximum absolute atomic E-state index is 13.0. The number of fused-ring (bicyclic) bond motifs is 1. The standard InChI is InChI=1S/C23H29N3O5/c1-22(2,3)31-21(30)24-12-13-25-18(14-24)15-26(20(25)29)23(4,5)11-10-16-6-8-17(9-7-16)19(27)28/h6-9,18H,12-15H2,1-5H3,(H,27,28). The van der Waals surface area contributed by atoms with E-state index in [0.717, 1.165) is 0 Å². The molecule has 3 amide bonds. The number of carbonyl (C=O) groups excluding carboxylic acids is 2. The molecule has 0 aliphatic carbocycles. The summed E-state index contributed by atoms with van der Waals surface area (Å²) in [6, 6.07) is 6.12. The van der Waals surface area contributed by atoms with E-state index >= 15 is 0 Å². The van der Waals surface area contributed by atoms with Crippen LogP contribution in [0.5, 0.6) is 0 Å². The van der Waals surface area contributed by atoms with Gasteiger partial charge in [0.25, 0.3) is 0 Å². The highest BCUT2D eigenvalue weighted by Crippen LogP contribution is 2.28. The summed E-state index contributed by atoms with van der Waals surface area (Å²) in [5.74, 6) is 5.20. The van der Waals surface area contributed by atoms with Gasteiger partial charge in [0, 0.05) is 31.7 Å². The van der Waals surface area contributed by atoms with E-state index in [9.17, 15) is 14.4 Å². The fourth-order valence-electron chi connectivity index (χ4n) is 3.66. The van der Waals surface area contributed by atoms with Crippen molar-refractivity contribution in [3.05, 3.63) is 35.4 Å². The summed E-state index contributed by atoms with van der Waals surface area (Å²) in [6.45, 7) is 11.1. The summed E-state index contributed by atoms with van der Waals surface area (Å²) in [4.78, 5) is 41.6. The molecule has 8 nitrogen and oxygen atoms in total. The molecule has 1 atom stereocenters. The summed E-state index contributed by atoms with van der Waals surface area (Å²) < 4.78 is 5.47. The van der Waals surface area contributed by atoms with Crippen LogP contribution in [0.25, 0.3) is 0 Å². The number of carboxylic acid groups (broad SMARTS) is 1. The minimum Gasteiger partial charge on any atom is -0.478 e. The zero-order valence-electron chi connectivity index (χ0n) is 18.6. The van der Waals surface area contributed by atoms with Crippen LogP contribution in [0.1, 0.15) is 50.5 Å². The average molecular weight is 428 g/mol. The Morgan fingerprint density at radius 2 is 1.71 bits per heavy atom. The molecule has 3 rings (SSSR count). The molecule has 8 heteroatoms.